The predicted molar refractivity (Wildman–Crippen MR) is 82.2 cm³/mol. The lowest BCUT2D eigenvalue weighted by Gasteiger charge is -2.23. The zero-order chi connectivity index (χ0) is 14.9. The molecular weight excluding hydrogens is 274 g/mol. The minimum Gasteiger partial charge on any atom is -0.310 e. The fraction of sp³-hybridized carbons (Fsp3) is 0.571. The first-order valence-corrected chi connectivity index (χ1v) is 8.34. The molecule has 0 fully saturated rings. The van der Waals surface area contributed by atoms with Crippen molar-refractivity contribution in [3.8, 4) is 0 Å². The van der Waals surface area contributed by atoms with Crippen molar-refractivity contribution in [2.45, 2.75) is 26.3 Å². The number of nitrogens with zero attached hydrogens (tertiary/aromatic N) is 2. The number of anilines is 1. The van der Waals surface area contributed by atoms with E-state index < -0.39 is 10.2 Å². The second-order valence-electron chi connectivity index (χ2n) is 5.28. The van der Waals surface area contributed by atoms with Gasteiger partial charge in [-0.2, -0.15) is 12.7 Å². The van der Waals surface area contributed by atoms with Gasteiger partial charge in [-0.15, -0.1) is 0 Å². The summed E-state index contributed by atoms with van der Waals surface area (Å²) in [6.07, 6.45) is 0.773. The molecule has 1 atom stereocenters. The van der Waals surface area contributed by atoms with Gasteiger partial charge in [0, 0.05) is 26.7 Å². The Bertz CT molecular complexity index is 584. The molecule has 6 heteroatoms. The van der Waals surface area contributed by atoms with Crippen molar-refractivity contribution in [3.05, 3.63) is 29.3 Å². The zero-order valence-electron chi connectivity index (χ0n) is 12.5. The Hall–Kier alpha value is -1.11. The molecule has 1 heterocycles. The van der Waals surface area contributed by atoms with E-state index in [0.29, 0.717) is 6.54 Å². The van der Waals surface area contributed by atoms with E-state index in [0.717, 1.165) is 24.2 Å². The Labute approximate surface area is 121 Å². The summed E-state index contributed by atoms with van der Waals surface area (Å²) in [4.78, 5) is 0. The molecule has 0 radical (unpaired) electrons. The number of nitrogens with one attached hydrogen (secondary N) is 1. The molecule has 0 bridgehead atoms. The third kappa shape index (κ3) is 2.68. The maximum absolute atomic E-state index is 12.3. The highest BCUT2D eigenvalue weighted by molar-refractivity contribution is 7.90. The van der Waals surface area contributed by atoms with Crippen LogP contribution in [0.1, 0.15) is 31.0 Å². The van der Waals surface area contributed by atoms with Crippen LogP contribution < -0.4 is 9.62 Å². The first kappa shape index (κ1) is 15.3. The molecule has 0 spiro atoms. The number of fused-ring (bicyclic) bond motifs is 1. The molecule has 112 valence electrons. The van der Waals surface area contributed by atoms with E-state index in [1.54, 1.807) is 14.1 Å². The molecular formula is C14H23N3O2S. The zero-order valence-corrected chi connectivity index (χ0v) is 13.4. The van der Waals surface area contributed by atoms with Crippen LogP contribution in [0.2, 0.25) is 0 Å². The average Bonchev–Trinajstić information content (AvgIpc) is 2.82. The molecule has 1 unspecified atom stereocenters. The highest BCUT2D eigenvalue weighted by Crippen LogP contribution is 2.32. The van der Waals surface area contributed by atoms with Crippen LogP contribution in [-0.4, -0.2) is 39.9 Å². The van der Waals surface area contributed by atoms with Crippen LogP contribution in [0, 0.1) is 0 Å². The van der Waals surface area contributed by atoms with Crippen LogP contribution in [0.4, 0.5) is 5.69 Å². The first-order chi connectivity index (χ1) is 9.37. The number of rotatable bonds is 5. The molecule has 1 N–H and O–H groups in total. The van der Waals surface area contributed by atoms with E-state index in [-0.39, 0.29) is 6.04 Å². The minimum absolute atomic E-state index is 0.282. The lowest BCUT2D eigenvalue weighted by molar-refractivity contribution is 0.517. The summed E-state index contributed by atoms with van der Waals surface area (Å²) in [6.45, 7) is 5.64. The summed E-state index contributed by atoms with van der Waals surface area (Å²) in [5.41, 5.74) is 3.12. The molecule has 5 nitrogen and oxygen atoms in total. The first-order valence-electron chi connectivity index (χ1n) is 6.94. The summed E-state index contributed by atoms with van der Waals surface area (Å²) >= 11 is 0. The fourth-order valence-electron chi connectivity index (χ4n) is 2.52. The van der Waals surface area contributed by atoms with Gasteiger partial charge in [0.15, 0.2) is 0 Å². The molecule has 20 heavy (non-hydrogen) atoms. The Morgan fingerprint density at radius 3 is 2.70 bits per heavy atom. The fourth-order valence-corrected chi connectivity index (χ4v) is 3.66. The molecule has 1 aliphatic rings. The van der Waals surface area contributed by atoms with Gasteiger partial charge in [-0.1, -0.05) is 19.1 Å². The Kier molecular flexibility index (Phi) is 4.36. The lowest BCUT2D eigenvalue weighted by Crippen LogP contribution is -2.38. The van der Waals surface area contributed by atoms with E-state index in [2.05, 4.69) is 25.2 Å². The third-order valence-electron chi connectivity index (χ3n) is 3.71. The van der Waals surface area contributed by atoms with Gasteiger partial charge in [-0.05, 0) is 37.1 Å². The molecule has 0 aromatic heterocycles. The average molecular weight is 297 g/mol. The van der Waals surface area contributed by atoms with Crippen molar-refractivity contribution in [2.24, 2.45) is 0 Å². The molecule has 0 aliphatic carbocycles. The van der Waals surface area contributed by atoms with Gasteiger partial charge in [0.25, 0.3) is 0 Å². The van der Waals surface area contributed by atoms with Gasteiger partial charge in [0.2, 0.25) is 0 Å². The van der Waals surface area contributed by atoms with E-state index in [4.69, 9.17) is 0 Å². The summed E-state index contributed by atoms with van der Waals surface area (Å²) in [6, 6.07) is 6.33. The van der Waals surface area contributed by atoms with Gasteiger partial charge in [0.1, 0.15) is 0 Å². The standard InChI is InChI=1S/C14H23N3O2S/c1-5-15-11(2)12-6-7-14-13(10-12)8-9-17(14)20(18,19)16(3)4/h6-7,10-11,15H,5,8-9H2,1-4H3. The minimum atomic E-state index is -3.38. The van der Waals surface area contributed by atoms with Crippen LogP contribution >= 0.6 is 0 Å². The van der Waals surface area contributed by atoms with Crippen molar-refractivity contribution in [1.82, 2.24) is 9.62 Å². The molecule has 2 rings (SSSR count). The molecule has 0 saturated carbocycles. The van der Waals surface area contributed by atoms with E-state index in [1.807, 2.05) is 12.1 Å². The number of hydrogen-bond donors (Lipinski definition) is 1. The Morgan fingerprint density at radius 2 is 2.10 bits per heavy atom. The molecule has 1 aliphatic heterocycles. The van der Waals surface area contributed by atoms with Gasteiger partial charge < -0.3 is 5.32 Å². The van der Waals surface area contributed by atoms with Crippen LogP contribution in [-0.2, 0) is 16.6 Å². The van der Waals surface area contributed by atoms with Gasteiger partial charge >= 0.3 is 10.2 Å². The van der Waals surface area contributed by atoms with Gasteiger partial charge in [-0.3, -0.25) is 4.31 Å². The van der Waals surface area contributed by atoms with Crippen molar-refractivity contribution in [3.63, 3.8) is 0 Å². The number of hydrogen-bond acceptors (Lipinski definition) is 3. The van der Waals surface area contributed by atoms with Crippen molar-refractivity contribution >= 4 is 15.9 Å². The van der Waals surface area contributed by atoms with Crippen LogP contribution in [0.15, 0.2) is 18.2 Å². The summed E-state index contributed by atoms with van der Waals surface area (Å²) in [5.74, 6) is 0. The lowest BCUT2D eigenvalue weighted by atomic mass is 10.0. The Morgan fingerprint density at radius 1 is 1.40 bits per heavy atom. The highest BCUT2D eigenvalue weighted by Gasteiger charge is 2.31. The van der Waals surface area contributed by atoms with Gasteiger partial charge in [-0.25, -0.2) is 0 Å². The van der Waals surface area contributed by atoms with Crippen molar-refractivity contribution < 1.29 is 8.42 Å². The smallest absolute Gasteiger partial charge is 0.303 e. The van der Waals surface area contributed by atoms with Gasteiger partial charge in [0.05, 0.1) is 5.69 Å². The molecule has 0 amide bonds. The summed E-state index contributed by atoms with van der Waals surface area (Å²) in [5, 5.41) is 3.37. The highest BCUT2D eigenvalue weighted by atomic mass is 32.2. The second-order valence-corrected chi connectivity index (χ2v) is 7.35. The Balaban J connectivity index is 2.32. The molecule has 1 aromatic carbocycles. The predicted octanol–water partition coefficient (Wildman–Crippen LogP) is 1.53. The monoisotopic (exact) mass is 297 g/mol. The van der Waals surface area contributed by atoms with Crippen LogP contribution in [0.25, 0.3) is 0 Å². The maximum Gasteiger partial charge on any atom is 0.303 e. The SMILES string of the molecule is CCNC(C)c1ccc2c(c1)CCN2S(=O)(=O)N(C)C. The molecule has 1 aromatic rings. The molecule has 0 saturated heterocycles. The second kappa shape index (κ2) is 5.71. The number of benzene rings is 1. The van der Waals surface area contributed by atoms with Crippen LogP contribution in [0.3, 0.4) is 0 Å². The van der Waals surface area contributed by atoms with Crippen molar-refractivity contribution in [2.75, 3.05) is 31.5 Å². The van der Waals surface area contributed by atoms with E-state index in [1.165, 1.54) is 14.2 Å². The van der Waals surface area contributed by atoms with Crippen molar-refractivity contribution in [1.29, 1.82) is 0 Å². The summed E-state index contributed by atoms with van der Waals surface area (Å²) in [7, 11) is -0.253. The largest absolute Gasteiger partial charge is 0.310 e. The topological polar surface area (TPSA) is 52.7 Å². The van der Waals surface area contributed by atoms with Crippen LogP contribution in [0.5, 0.6) is 0 Å². The quantitative estimate of drug-likeness (QED) is 0.896. The summed E-state index contributed by atoms with van der Waals surface area (Å²) < 4.78 is 27.3. The van der Waals surface area contributed by atoms with E-state index in [9.17, 15) is 8.42 Å². The third-order valence-corrected chi connectivity index (χ3v) is 5.57. The van der Waals surface area contributed by atoms with E-state index >= 15 is 0 Å². The maximum atomic E-state index is 12.3. The normalized spacial score (nSPS) is 16.6.